The van der Waals surface area contributed by atoms with Crippen LogP contribution < -0.4 is 11.0 Å². The zero-order chi connectivity index (χ0) is 36.0. The van der Waals surface area contributed by atoms with Crippen LogP contribution in [0.3, 0.4) is 0 Å². The first-order valence-electron chi connectivity index (χ1n) is 17.8. The van der Waals surface area contributed by atoms with Crippen molar-refractivity contribution >= 4 is 51.8 Å². The molecule has 2 aromatic carbocycles. The Labute approximate surface area is 297 Å². The molecule has 2 unspecified atom stereocenters. The van der Waals surface area contributed by atoms with Gasteiger partial charge in [-0.25, -0.2) is 18.0 Å². The van der Waals surface area contributed by atoms with Gasteiger partial charge in [-0.05, 0) is 48.7 Å². The minimum Gasteiger partial charge on any atom is -0.347 e. The van der Waals surface area contributed by atoms with Crippen LogP contribution in [0.5, 0.6) is 0 Å². The lowest BCUT2D eigenvalue weighted by atomic mass is 9.99. The van der Waals surface area contributed by atoms with Crippen LogP contribution in [-0.4, -0.2) is 115 Å². The van der Waals surface area contributed by atoms with Crippen LogP contribution in [0, 0.1) is 0 Å². The molecule has 1 spiro atoms. The first-order valence-corrected chi connectivity index (χ1v) is 23.2. The maximum Gasteiger partial charge on any atom is 0.326 e. The van der Waals surface area contributed by atoms with Gasteiger partial charge >= 0.3 is 11.7 Å². The third-order valence-corrected chi connectivity index (χ3v) is 14.8. The Morgan fingerprint density at radius 2 is 1.71 bits per heavy atom. The van der Waals surface area contributed by atoms with Crippen molar-refractivity contribution in [2.24, 2.45) is 0 Å². The fraction of sp³-hybridized carbons (Fsp3) is 0.543. The maximum atomic E-state index is 14.7. The SMILES string of the molecule is C[Si](C)(C)CCS(=O)(=O)C(c1ccc2[nH]ncc2c1)C(NC(=O)N1CCC(n2c(=O)[nH]c3ccccc32)CC1)C(=O)N1CCC2(CC1)OCCO2. The van der Waals surface area contributed by atoms with Gasteiger partial charge in [0.2, 0.25) is 5.91 Å². The topological polar surface area (TPSA) is 172 Å². The number of ether oxygens (including phenoxy) is 2. The zero-order valence-corrected chi connectivity index (χ0v) is 31.2. The number of benzene rings is 2. The standard InChI is InChI=1S/C35H47N7O7SSi/c1-51(2,3)21-20-50(46,47)31(24-8-9-27-25(22-24)23-36-39-27)30(32(43)40-16-12-35(13-17-40)48-18-19-49-35)38-33(44)41-14-10-26(11-15-41)42-29-7-5-4-6-28(29)37-34(42)45/h4-9,22-23,26,30-31H,10-21H2,1-3H3,(H,36,39)(H,37,45)(H,38,44). The van der Waals surface area contributed by atoms with Crippen molar-refractivity contribution < 1.29 is 27.5 Å². The molecule has 0 bridgehead atoms. The van der Waals surface area contributed by atoms with Crippen LogP contribution in [0.4, 0.5) is 4.79 Å². The second kappa shape index (κ2) is 13.9. The van der Waals surface area contributed by atoms with Gasteiger partial charge in [-0.3, -0.25) is 14.5 Å². The summed E-state index contributed by atoms with van der Waals surface area (Å²) in [6, 6.07) is 11.2. The molecule has 0 aliphatic carbocycles. The summed E-state index contributed by atoms with van der Waals surface area (Å²) in [6.45, 7) is 8.60. The number of aromatic amines is 2. The average molecular weight is 738 g/mol. The highest BCUT2D eigenvalue weighted by Crippen LogP contribution is 2.35. The molecule has 2 aromatic heterocycles. The summed E-state index contributed by atoms with van der Waals surface area (Å²) >= 11 is 0. The average Bonchev–Trinajstić information content (AvgIpc) is 3.85. The number of hydrogen-bond donors (Lipinski definition) is 3. The van der Waals surface area contributed by atoms with Crippen molar-refractivity contribution in [3.8, 4) is 0 Å². The number of aromatic nitrogens is 4. The molecule has 274 valence electrons. The van der Waals surface area contributed by atoms with Crippen molar-refractivity contribution in [2.45, 2.75) is 74.5 Å². The lowest BCUT2D eigenvalue weighted by Crippen LogP contribution is -2.59. The minimum absolute atomic E-state index is 0.105. The van der Waals surface area contributed by atoms with Gasteiger partial charge in [-0.15, -0.1) is 0 Å². The fourth-order valence-electron chi connectivity index (χ4n) is 7.63. The van der Waals surface area contributed by atoms with Gasteiger partial charge in [-0.2, -0.15) is 5.10 Å². The number of hydrogen-bond acceptors (Lipinski definition) is 8. The summed E-state index contributed by atoms with van der Waals surface area (Å²) in [5.74, 6) is -1.29. The summed E-state index contributed by atoms with van der Waals surface area (Å²) < 4.78 is 42.6. The number of imidazole rings is 1. The molecular weight excluding hydrogens is 691 g/mol. The molecule has 4 aromatic rings. The molecule has 3 amide bonds. The molecule has 3 N–H and O–H groups in total. The summed E-state index contributed by atoms with van der Waals surface area (Å²) in [7, 11) is -5.78. The smallest absolute Gasteiger partial charge is 0.326 e. The molecule has 51 heavy (non-hydrogen) atoms. The van der Waals surface area contributed by atoms with Gasteiger partial charge in [0.1, 0.15) is 11.3 Å². The van der Waals surface area contributed by atoms with E-state index in [1.807, 2.05) is 24.3 Å². The summed E-state index contributed by atoms with van der Waals surface area (Å²) in [5.41, 5.74) is 2.54. The molecule has 2 atom stereocenters. The van der Waals surface area contributed by atoms with Crippen LogP contribution in [0.25, 0.3) is 21.9 Å². The molecule has 3 fully saturated rings. The molecule has 0 radical (unpaired) electrons. The van der Waals surface area contributed by atoms with E-state index in [0.29, 0.717) is 82.1 Å². The third kappa shape index (κ3) is 7.36. The molecule has 14 nitrogen and oxygen atoms in total. The van der Waals surface area contributed by atoms with E-state index >= 15 is 0 Å². The largest absolute Gasteiger partial charge is 0.347 e. The van der Waals surface area contributed by atoms with E-state index in [4.69, 9.17) is 9.47 Å². The molecule has 5 heterocycles. The highest BCUT2D eigenvalue weighted by molar-refractivity contribution is 7.91. The van der Waals surface area contributed by atoms with E-state index in [9.17, 15) is 22.8 Å². The number of amides is 3. The van der Waals surface area contributed by atoms with E-state index in [1.54, 1.807) is 38.8 Å². The van der Waals surface area contributed by atoms with Crippen LogP contribution in [0.2, 0.25) is 25.7 Å². The minimum atomic E-state index is -3.97. The number of piperidine rings is 2. The number of nitrogens with zero attached hydrogens (tertiary/aromatic N) is 4. The number of urea groups is 1. The second-order valence-electron chi connectivity index (χ2n) is 15.2. The quantitative estimate of drug-likeness (QED) is 0.218. The number of para-hydroxylation sites is 2. The Kier molecular flexibility index (Phi) is 9.62. The van der Waals surface area contributed by atoms with Crippen molar-refractivity contribution in [1.82, 2.24) is 34.9 Å². The molecular formula is C35H47N7O7SSi. The highest BCUT2D eigenvalue weighted by atomic mass is 32.2. The number of nitrogens with one attached hydrogen (secondary N) is 3. The Bertz CT molecular complexity index is 2060. The van der Waals surface area contributed by atoms with E-state index in [1.165, 1.54) is 0 Å². The first-order chi connectivity index (χ1) is 24.3. The van der Waals surface area contributed by atoms with E-state index in [-0.39, 0.29) is 17.5 Å². The van der Waals surface area contributed by atoms with Gasteiger partial charge in [0.05, 0.1) is 36.0 Å². The molecule has 3 aliphatic rings. The molecule has 7 rings (SSSR count). The summed E-state index contributed by atoms with van der Waals surface area (Å²) in [5, 5.41) is 9.34. The highest BCUT2D eigenvalue weighted by Gasteiger charge is 2.46. The van der Waals surface area contributed by atoms with Gasteiger partial charge in [0.15, 0.2) is 15.6 Å². The summed E-state index contributed by atoms with van der Waals surface area (Å²) in [4.78, 5) is 47.9. The number of carbonyl (C=O) groups is 2. The Morgan fingerprint density at radius 3 is 2.41 bits per heavy atom. The number of carbonyl (C=O) groups excluding carboxylic acids is 2. The van der Waals surface area contributed by atoms with Gasteiger partial charge in [0.25, 0.3) is 0 Å². The Morgan fingerprint density at radius 1 is 1.00 bits per heavy atom. The fourth-order valence-corrected chi connectivity index (χ4v) is 12.6. The number of sulfone groups is 1. The van der Waals surface area contributed by atoms with Gasteiger partial charge in [-0.1, -0.05) is 37.8 Å². The number of likely N-dealkylation sites (tertiary alicyclic amines) is 2. The summed E-state index contributed by atoms with van der Waals surface area (Å²) in [6.07, 6.45) is 3.57. The molecule has 0 saturated carbocycles. The normalized spacial score (nSPS) is 19.9. The second-order valence-corrected chi connectivity index (χ2v) is 23.1. The lowest BCUT2D eigenvalue weighted by Gasteiger charge is -2.40. The number of H-pyrrole nitrogens is 2. The molecule has 16 heteroatoms. The number of fused-ring (bicyclic) bond motifs is 2. The van der Waals surface area contributed by atoms with Gasteiger partial charge in [0, 0.05) is 64.3 Å². The lowest BCUT2D eigenvalue weighted by molar-refractivity contribution is -0.187. The zero-order valence-electron chi connectivity index (χ0n) is 29.4. The van der Waals surface area contributed by atoms with Crippen molar-refractivity contribution in [3.05, 3.63) is 64.7 Å². The molecule has 3 saturated heterocycles. The van der Waals surface area contributed by atoms with Crippen LogP contribution >= 0.6 is 0 Å². The van der Waals surface area contributed by atoms with Crippen molar-refractivity contribution in [2.75, 3.05) is 45.1 Å². The first kappa shape index (κ1) is 35.4. The van der Waals surface area contributed by atoms with Gasteiger partial charge < -0.3 is 29.6 Å². The Hall–Kier alpha value is -3.99. The van der Waals surface area contributed by atoms with Crippen LogP contribution in [-0.2, 0) is 24.1 Å². The monoisotopic (exact) mass is 737 g/mol. The van der Waals surface area contributed by atoms with Crippen molar-refractivity contribution in [3.63, 3.8) is 0 Å². The number of rotatable bonds is 9. The van der Waals surface area contributed by atoms with Crippen LogP contribution in [0.1, 0.15) is 42.5 Å². The maximum absolute atomic E-state index is 14.7. The van der Waals surface area contributed by atoms with E-state index in [0.717, 1.165) is 16.6 Å². The molecule has 3 aliphatic heterocycles. The van der Waals surface area contributed by atoms with Crippen molar-refractivity contribution in [1.29, 1.82) is 0 Å². The van der Waals surface area contributed by atoms with E-state index in [2.05, 4.69) is 40.1 Å². The van der Waals surface area contributed by atoms with E-state index < -0.39 is 46.9 Å². The van der Waals surface area contributed by atoms with Crippen LogP contribution in [0.15, 0.2) is 53.5 Å². The predicted molar refractivity (Wildman–Crippen MR) is 196 cm³/mol. The Balaban J connectivity index is 1.18. The third-order valence-electron chi connectivity index (χ3n) is 10.6. The predicted octanol–water partition coefficient (Wildman–Crippen LogP) is 3.78.